The summed E-state index contributed by atoms with van der Waals surface area (Å²) in [6.07, 6.45) is 3.91. The van der Waals surface area contributed by atoms with Gasteiger partial charge < -0.3 is 5.73 Å². The number of hydrogen-bond donors (Lipinski definition) is 2. The molecule has 4 nitrogen and oxygen atoms in total. The summed E-state index contributed by atoms with van der Waals surface area (Å²) < 4.78 is 0. The van der Waals surface area contributed by atoms with Gasteiger partial charge in [-0.2, -0.15) is 0 Å². The van der Waals surface area contributed by atoms with E-state index in [9.17, 15) is 4.79 Å². The molecule has 0 heterocycles. The number of benzene rings is 1. The molecule has 5 heteroatoms. The molecule has 4 N–H and O–H groups in total. The average Bonchev–Trinajstić information content (AvgIpc) is 2.28. The summed E-state index contributed by atoms with van der Waals surface area (Å²) in [5.41, 5.74) is 6.11. The molecule has 0 fully saturated rings. The van der Waals surface area contributed by atoms with E-state index in [4.69, 9.17) is 23.2 Å². The van der Waals surface area contributed by atoms with Crippen molar-refractivity contribution in [3.05, 3.63) is 53.8 Å². The lowest BCUT2D eigenvalue weighted by molar-refractivity contribution is 0.104. The van der Waals surface area contributed by atoms with Crippen molar-refractivity contribution < 1.29 is 4.79 Å². The van der Waals surface area contributed by atoms with Crippen molar-refractivity contribution >= 4 is 23.1 Å². The van der Waals surface area contributed by atoms with Crippen LogP contribution in [-0.4, -0.2) is 5.78 Å². The molecule has 1 aromatic rings. The van der Waals surface area contributed by atoms with E-state index < -0.39 is 0 Å². The average molecular weight is 238 g/mol. The fraction of sp³-hybridized carbons (Fsp3) is 0. The lowest BCUT2D eigenvalue weighted by Gasteiger charge is -2.16. The molecule has 0 amide bonds. The van der Waals surface area contributed by atoms with E-state index >= 15 is 0 Å². The molecule has 0 bridgehead atoms. The zero-order valence-corrected chi connectivity index (χ0v) is 9.32. The Balaban J connectivity index is 3.27. The molecule has 0 aliphatic rings. The molecule has 0 aromatic heterocycles. The van der Waals surface area contributed by atoms with Gasteiger partial charge in [0.1, 0.15) is 0 Å². The number of hydrazine groups is 1. The number of anilines is 1. The fourth-order valence-electron chi connectivity index (χ4n) is 1.21. The highest BCUT2D eigenvalue weighted by Gasteiger charge is 2.11. The minimum Gasteiger partial charge on any atom is -0.403 e. The number of carbonyl (C=O) groups is 1. The number of hydrogen-bond acceptors (Lipinski definition) is 4. The van der Waals surface area contributed by atoms with E-state index in [0.717, 1.165) is 0 Å². The van der Waals surface area contributed by atoms with Crippen LogP contribution in [0.2, 0.25) is 5.02 Å². The predicted octanol–water partition coefficient (Wildman–Crippen LogP) is 1.82. The maximum atomic E-state index is 11.6. The normalized spacial score (nSPS) is 10.4. The van der Waals surface area contributed by atoms with Gasteiger partial charge in [0.15, 0.2) is 5.78 Å². The second-order valence-electron chi connectivity index (χ2n) is 2.98. The molecule has 0 aliphatic heterocycles. The summed E-state index contributed by atoms with van der Waals surface area (Å²) in [6, 6.07) is 4.81. The van der Waals surface area contributed by atoms with E-state index in [0.29, 0.717) is 16.3 Å². The summed E-state index contributed by atoms with van der Waals surface area (Å²) in [5.74, 6) is 5.43. The summed E-state index contributed by atoms with van der Waals surface area (Å²) in [7, 11) is 0. The number of halogens is 1. The lowest BCUT2D eigenvalue weighted by Crippen LogP contribution is -2.26. The van der Waals surface area contributed by atoms with Crippen LogP contribution < -0.4 is 16.6 Å². The molecule has 0 aliphatic carbocycles. The van der Waals surface area contributed by atoms with Crippen molar-refractivity contribution in [2.45, 2.75) is 0 Å². The molecule has 0 saturated carbocycles. The Kier molecular flexibility index (Phi) is 4.10. The van der Waals surface area contributed by atoms with Gasteiger partial charge in [0.25, 0.3) is 0 Å². The summed E-state index contributed by atoms with van der Waals surface area (Å²) in [4.78, 5) is 11.6. The Bertz CT molecular complexity index is 443. The Hall–Kier alpha value is -1.78. The third-order valence-corrected chi connectivity index (χ3v) is 2.17. The Labute approximate surface area is 98.8 Å². The maximum Gasteiger partial charge on any atom is 0.187 e. The van der Waals surface area contributed by atoms with E-state index in [2.05, 4.69) is 6.58 Å². The fourth-order valence-corrected chi connectivity index (χ4v) is 1.39. The molecular formula is C11H12ClN3O. The minimum absolute atomic E-state index is 0.252. The van der Waals surface area contributed by atoms with Crippen LogP contribution in [0.5, 0.6) is 0 Å². The van der Waals surface area contributed by atoms with Crippen molar-refractivity contribution in [1.82, 2.24) is 0 Å². The van der Waals surface area contributed by atoms with E-state index in [1.165, 1.54) is 29.6 Å². The monoisotopic (exact) mass is 237 g/mol. The van der Waals surface area contributed by atoms with E-state index in [-0.39, 0.29) is 5.78 Å². The zero-order chi connectivity index (χ0) is 12.1. The Morgan fingerprint density at radius 2 is 2.19 bits per heavy atom. The van der Waals surface area contributed by atoms with Crippen molar-refractivity contribution in [3.8, 4) is 0 Å². The second kappa shape index (κ2) is 5.34. The van der Waals surface area contributed by atoms with Crippen molar-refractivity contribution in [2.75, 3.05) is 5.01 Å². The zero-order valence-electron chi connectivity index (χ0n) is 8.56. The molecule has 0 spiro atoms. The van der Waals surface area contributed by atoms with Crippen LogP contribution >= 0.6 is 11.6 Å². The van der Waals surface area contributed by atoms with Gasteiger partial charge in [-0.05, 0) is 24.3 Å². The first-order valence-electron chi connectivity index (χ1n) is 4.48. The number of carbonyl (C=O) groups excluding carboxylic acids is 1. The van der Waals surface area contributed by atoms with E-state index in [1.807, 2.05) is 0 Å². The van der Waals surface area contributed by atoms with E-state index in [1.54, 1.807) is 12.1 Å². The SMILES string of the molecule is C=CC(=O)c1cc(Cl)ccc1N(N)/C=C\N. The first-order valence-corrected chi connectivity index (χ1v) is 4.86. The first kappa shape index (κ1) is 12.3. The minimum atomic E-state index is -0.252. The highest BCUT2D eigenvalue weighted by Crippen LogP contribution is 2.23. The molecule has 84 valence electrons. The number of ketones is 1. The maximum absolute atomic E-state index is 11.6. The van der Waals surface area contributed by atoms with Crippen LogP contribution in [0.15, 0.2) is 43.3 Å². The Morgan fingerprint density at radius 3 is 2.75 bits per heavy atom. The van der Waals surface area contributed by atoms with Crippen molar-refractivity contribution in [2.24, 2.45) is 11.6 Å². The number of allylic oxidation sites excluding steroid dienone is 1. The van der Waals surface area contributed by atoms with Crippen LogP contribution in [-0.2, 0) is 0 Å². The predicted molar refractivity (Wildman–Crippen MR) is 66.0 cm³/mol. The molecular weight excluding hydrogens is 226 g/mol. The second-order valence-corrected chi connectivity index (χ2v) is 3.42. The summed E-state index contributed by atoms with van der Waals surface area (Å²) in [5, 5.41) is 1.70. The topological polar surface area (TPSA) is 72.3 Å². The van der Waals surface area contributed by atoms with Gasteiger partial charge in [0.2, 0.25) is 0 Å². The van der Waals surface area contributed by atoms with Crippen LogP contribution in [0.4, 0.5) is 5.69 Å². The standard InChI is InChI=1S/C11H12ClN3O/c1-2-11(16)9-7-8(12)3-4-10(9)15(14)6-5-13/h2-7H,1,13-14H2/b6-5-. The third-order valence-electron chi connectivity index (χ3n) is 1.93. The third kappa shape index (κ3) is 2.62. The van der Waals surface area contributed by atoms with Crippen LogP contribution in [0.3, 0.4) is 0 Å². The number of nitrogens with two attached hydrogens (primary N) is 2. The quantitative estimate of drug-likeness (QED) is 0.363. The van der Waals surface area contributed by atoms with Gasteiger partial charge in [-0.15, -0.1) is 0 Å². The van der Waals surface area contributed by atoms with Crippen LogP contribution in [0.1, 0.15) is 10.4 Å². The van der Waals surface area contributed by atoms with Gasteiger partial charge in [-0.25, -0.2) is 5.84 Å². The van der Waals surface area contributed by atoms with Crippen molar-refractivity contribution in [1.29, 1.82) is 0 Å². The van der Waals surface area contributed by atoms with Gasteiger partial charge in [-0.3, -0.25) is 9.80 Å². The summed E-state index contributed by atoms with van der Waals surface area (Å²) >= 11 is 5.81. The highest BCUT2D eigenvalue weighted by molar-refractivity contribution is 6.31. The summed E-state index contributed by atoms with van der Waals surface area (Å²) in [6.45, 7) is 3.42. The van der Waals surface area contributed by atoms with Gasteiger partial charge in [0, 0.05) is 23.0 Å². The van der Waals surface area contributed by atoms with Gasteiger partial charge >= 0.3 is 0 Å². The molecule has 0 radical (unpaired) electrons. The molecule has 0 saturated heterocycles. The highest BCUT2D eigenvalue weighted by atomic mass is 35.5. The van der Waals surface area contributed by atoms with Gasteiger partial charge in [-0.1, -0.05) is 18.2 Å². The molecule has 16 heavy (non-hydrogen) atoms. The lowest BCUT2D eigenvalue weighted by atomic mass is 10.1. The first-order chi connectivity index (χ1) is 7.60. The van der Waals surface area contributed by atoms with Gasteiger partial charge in [0.05, 0.1) is 5.69 Å². The largest absolute Gasteiger partial charge is 0.403 e. The molecule has 0 atom stereocenters. The smallest absolute Gasteiger partial charge is 0.187 e. The molecule has 1 aromatic carbocycles. The number of nitrogens with zero attached hydrogens (tertiary/aromatic N) is 1. The number of rotatable bonds is 4. The molecule has 0 unspecified atom stereocenters. The Morgan fingerprint density at radius 1 is 1.50 bits per heavy atom. The van der Waals surface area contributed by atoms with Crippen LogP contribution in [0, 0.1) is 0 Å². The molecule has 1 rings (SSSR count). The van der Waals surface area contributed by atoms with Crippen LogP contribution in [0.25, 0.3) is 0 Å². The van der Waals surface area contributed by atoms with Crippen molar-refractivity contribution in [3.63, 3.8) is 0 Å².